The lowest BCUT2D eigenvalue weighted by Crippen LogP contribution is -2.73. The van der Waals surface area contributed by atoms with Gasteiger partial charge in [-0.15, -0.1) is 0 Å². The maximum atomic E-state index is 12.3. The third-order valence-electron chi connectivity index (χ3n) is 5.27. The smallest absolute Gasteiger partial charge is 0.312 e. The van der Waals surface area contributed by atoms with Gasteiger partial charge in [0.1, 0.15) is 11.4 Å². The van der Waals surface area contributed by atoms with Crippen LogP contribution in [0, 0.1) is 5.41 Å². The monoisotopic (exact) mass is 282 g/mol. The molecule has 5 rings (SSSR count). The molecule has 0 heterocycles. The average molecular weight is 282 g/mol. The van der Waals surface area contributed by atoms with E-state index >= 15 is 0 Å². The highest BCUT2D eigenvalue weighted by molar-refractivity contribution is 5.76. The van der Waals surface area contributed by atoms with Crippen LogP contribution in [0.3, 0.4) is 0 Å². The number of aliphatic hydroxyl groups excluding tert-OH is 1. The Morgan fingerprint density at radius 3 is 2.25 bits per heavy atom. The van der Waals surface area contributed by atoms with Gasteiger partial charge in [0, 0.05) is 31.3 Å². The van der Waals surface area contributed by atoms with Gasteiger partial charge in [-0.1, -0.05) is 6.92 Å². The van der Waals surface area contributed by atoms with Gasteiger partial charge in [-0.3, -0.25) is 4.79 Å². The highest BCUT2D eigenvalue weighted by Gasteiger charge is 2.73. The van der Waals surface area contributed by atoms with Crippen molar-refractivity contribution in [1.82, 2.24) is 0 Å². The lowest BCUT2D eigenvalue weighted by molar-refractivity contribution is -0.246. The molecule has 2 atom stereocenters. The maximum absolute atomic E-state index is 12.3. The van der Waals surface area contributed by atoms with Gasteiger partial charge in [0.2, 0.25) is 0 Å². The zero-order valence-corrected chi connectivity index (χ0v) is 12.2. The van der Waals surface area contributed by atoms with E-state index in [2.05, 4.69) is 0 Å². The van der Waals surface area contributed by atoms with E-state index < -0.39 is 22.2 Å². The number of carbonyl (C=O) groups is 1. The minimum absolute atomic E-state index is 0.0131. The Labute approximate surface area is 118 Å². The molecule has 3 N–H and O–H groups in total. The molecule has 0 aromatic rings. The van der Waals surface area contributed by atoms with Crippen LogP contribution in [-0.4, -0.2) is 38.1 Å². The van der Waals surface area contributed by atoms with Crippen LogP contribution in [0.2, 0.25) is 0 Å². The topological polar surface area (TPSA) is 87.0 Å². The van der Waals surface area contributed by atoms with Gasteiger partial charge >= 0.3 is 5.97 Å². The van der Waals surface area contributed by atoms with Gasteiger partial charge in [0.15, 0.2) is 0 Å². The summed E-state index contributed by atoms with van der Waals surface area (Å²) < 4.78 is 5.67. The molecule has 4 bridgehead atoms. The fourth-order valence-corrected chi connectivity index (χ4v) is 4.06. The Morgan fingerprint density at radius 1 is 1.25 bits per heavy atom. The molecule has 0 aliphatic heterocycles. The van der Waals surface area contributed by atoms with Crippen molar-refractivity contribution in [2.24, 2.45) is 5.41 Å². The number of fused-ring (bicyclic) bond motifs is 1. The molecule has 0 amide bonds. The normalized spacial score (nSPS) is 42.5. The van der Waals surface area contributed by atoms with E-state index in [-0.39, 0.29) is 37.4 Å². The van der Waals surface area contributed by atoms with Gasteiger partial charge in [0.05, 0.1) is 16.6 Å². The van der Waals surface area contributed by atoms with Crippen molar-refractivity contribution in [2.45, 2.75) is 69.7 Å². The van der Waals surface area contributed by atoms with Crippen LogP contribution in [0.5, 0.6) is 0 Å². The molecule has 5 nitrogen and oxygen atoms in total. The van der Waals surface area contributed by atoms with Crippen molar-refractivity contribution in [2.75, 3.05) is 0 Å². The fourth-order valence-electron chi connectivity index (χ4n) is 4.06. The summed E-state index contributed by atoms with van der Waals surface area (Å²) >= 11 is 0. The standard InChI is InChI=1S/C15H22O5/c1-4-12(2,3)11(17)20-13-5-9(16)10-14(18,6-13)8-15(10,19)7-13/h16,18-19H,4-8H2,1-3H3. The second kappa shape index (κ2) is 3.57. The molecule has 0 radical (unpaired) electrons. The first-order chi connectivity index (χ1) is 9.06. The average Bonchev–Trinajstić information content (AvgIpc) is 2.23. The summed E-state index contributed by atoms with van der Waals surface area (Å²) in [6, 6.07) is 0. The first-order valence-corrected chi connectivity index (χ1v) is 7.17. The fraction of sp³-hybridized carbons (Fsp3) is 0.800. The number of hydrogen-bond acceptors (Lipinski definition) is 5. The van der Waals surface area contributed by atoms with Crippen molar-refractivity contribution in [3.05, 3.63) is 11.3 Å². The van der Waals surface area contributed by atoms with Gasteiger partial charge in [-0.2, -0.15) is 0 Å². The van der Waals surface area contributed by atoms with Crippen LogP contribution in [0.25, 0.3) is 0 Å². The van der Waals surface area contributed by atoms with E-state index in [9.17, 15) is 20.1 Å². The zero-order valence-electron chi connectivity index (χ0n) is 12.2. The van der Waals surface area contributed by atoms with Gasteiger partial charge in [0.25, 0.3) is 0 Å². The molecular weight excluding hydrogens is 260 g/mol. The molecule has 2 unspecified atom stereocenters. The summed E-state index contributed by atoms with van der Waals surface area (Å²) in [6.45, 7) is 5.53. The summed E-state index contributed by atoms with van der Waals surface area (Å²) in [7, 11) is 0. The minimum atomic E-state index is -1.20. The number of rotatable bonds is 3. The molecular formula is C15H22O5. The van der Waals surface area contributed by atoms with E-state index in [1.165, 1.54) is 0 Å². The third-order valence-corrected chi connectivity index (χ3v) is 5.27. The van der Waals surface area contributed by atoms with E-state index in [1.54, 1.807) is 0 Å². The lowest BCUT2D eigenvalue weighted by Gasteiger charge is -2.65. The van der Waals surface area contributed by atoms with Crippen molar-refractivity contribution in [1.29, 1.82) is 0 Å². The van der Waals surface area contributed by atoms with Gasteiger partial charge in [-0.05, 0) is 20.3 Å². The van der Waals surface area contributed by atoms with Crippen LogP contribution >= 0.6 is 0 Å². The molecule has 3 fully saturated rings. The number of ether oxygens (including phenoxy) is 1. The first-order valence-electron chi connectivity index (χ1n) is 7.17. The maximum Gasteiger partial charge on any atom is 0.312 e. The van der Waals surface area contributed by atoms with Crippen LogP contribution < -0.4 is 0 Å². The molecule has 20 heavy (non-hydrogen) atoms. The van der Waals surface area contributed by atoms with Crippen molar-refractivity contribution in [3.8, 4) is 0 Å². The molecule has 112 valence electrons. The number of hydrogen-bond donors (Lipinski definition) is 3. The predicted octanol–water partition coefficient (Wildman–Crippen LogP) is 1.58. The van der Waals surface area contributed by atoms with Gasteiger partial charge in [-0.25, -0.2) is 0 Å². The Hall–Kier alpha value is -1.07. The third kappa shape index (κ3) is 1.59. The molecule has 5 aliphatic rings. The predicted molar refractivity (Wildman–Crippen MR) is 70.9 cm³/mol. The second-order valence-corrected chi connectivity index (χ2v) is 7.40. The van der Waals surface area contributed by atoms with E-state index in [0.717, 1.165) is 0 Å². The number of carbonyl (C=O) groups excluding carboxylic acids is 1. The van der Waals surface area contributed by atoms with Crippen molar-refractivity contribution in [3.63, 3.8) is 0 Å². The van der Waals surface area contributed by atoms with E-state index in [1.807, 2.05) is 20.8 Å². The summed E-state index contributed by atoms with van der Waals surface area (Å²) in [5, 5.41) is 30.9. The van der Waals surface area contributed by atoms with E-state index in [4.69, 9.17) is 4.74 Å². The highest BCUT2D eigenvalue weighted by Crippen LogP contribution is 2.66. The summed E-state index contributed by atoms with van der Waals surface area (Å²) in [5.74, 6) is -0.356. The van der Waals surface area contributed by atoms with Crippen LogP contribution in [0.4, 0.5) is 0 Å². The number of aliphatic hydroxyl groups is 3. The summed E-state index contributed by atoms with van der Waals surface area (Å²) in [6.07, 6.45) is 1.60. The van der Waals surface area contributed by atoms with Crippen LogP contribution in [0.15, 0.2) is 11.3 Å². The molecule has 3 saturated carbocycles. The number of esters is 1. The highest BCUT2D eigenvalue weighted by atomic mass is 16.6. The molecule has 0 spiro atoms. The summed E-state index contributed by atoms with van der Waals surface area (Å²) in [5.41, 5.74) is -3.64. The zero-order chi connectivity index (χ0) is 15.0. The largest absolute Gasteiger partial charge is 0.512 e. The molecule has 0 aromatic heterocycles. The van der Waals surface area contributed by atoms with Crippen molar-refractivity contribution >= 4 is 5.97 Å². The first kappa shape index (κ1) is 13.9. The Bertz CT molecular complexity index is 500. The Balaban J connectivity index is 1.89. The molecule has 0 saturated heterocycles. The lowest BCUT2D eigenvalue weighted by atomic mass is 9.46. The Kier molecular flexibility index (Phi) is 2.48. The molecule has 5 aliphatic carbocycles. The molecule has 0 aromatic carbocycles. The quantitative estimate of drug-likeness (QED) is 0.684. The Morgan fingerprint density at radius 2 is 1.80 bits per heavy atom. The van der Waals surface area contributed by atoms with Crippen LogP contribution in [-0.2, 0) is 9.53 Å². The second-order valence-electron chi connectivity index (χ2n) is 7.40. The van der Waals surface area contributed by atoms with Crippen LogP contribution in [0.1, 0.15) is 52.9 Å². The van der Waals surface area contributed by atoms with Crippen molar-refractivity contribution < 1.29 is 24.9 Å². The molecule has 5 heteroatoms. The minimum Gasteiger partial charge on any atom is -0.512 e. The summed E-state index contributed by atoms with van der Waals surface area (Å²) in [4.78, 5) is 12.3. The van der Waals surface area contributed by atoms with E-state index in [0.29, 0.717) is 12.0 Å². The van der Waals surface area contributed by atoms with Gasteiger partial charge < -0.3 is 20.1 Å². The SMILES string of the molecule is CCC(C)(C)C(=O)OC12CC(O)=C3C(O)(C1)CC3(O)C2.